The predicted octanol–water partition coefficient (Wildman–Crippen LogP) is 2.94. The fourth-order valence-corrected chi connectivity index (χ4v) is 4.04. The Morgan fingerprint density at radius 1 is 1.10 bits per heavy atom. The zero-order valence-electron chi connectivity index (χ0n) is 16.4. The lowest BCUT2D eigenvalue weighted by Gasteiger charge is -2.17. The predicted molar refractivity (Wildman–Crippen MR) is 110 cm³/mol. The van der Waals surface area contributed by atoms with Crippen LogP contribution in [0.1, 0.15) is 27.6 Å². The lowest BCUT2D eigenvalue weighted by atomic mass is 9.99. The molecule has 30 heavy (non-hydrogen) atoms. The van der Waals surface area contributed by atoms with E-state index in [1.165, 1.54) is 30.5 Å². The van der Waals surface area contributed by atoms with Gasteiger partial charge >= 0.3 is 5.97 Å². The molecule has 0 radical (unpaired) electrons. The molecule has 1 aliphatic heterocycles. The van der Waals surface area contributed by atoms with Crippen LogP contribution in [-0.4, -0.2) is 41.1 Å². The molecule has 0 saturated heterocycles. The second-order valence-electron chi connectivity index (χ2n) is 6.36. The molecule has 8 nitrogen and oxygen atoms in total. The van der Waals surface area contributed by atoms with E-state index in [-0.39, 0.29) is 16.9 Å². The molecule has 154 valence electrons. The normalized spacial score (nSPS) is 14.9. The Morgan fingerprint density at radius 2 is 1.83 bits per heavy atom. The van der Waals surface area contributed by atoms with E-state index in [0.29, 0.717) is 22.2 Å². The van der Waals surface area contributed by atoms with E-state index in [4.69, 9.17) is 14.2 Å². The first-order valence-corrected chi connectivity index (χ1v) is 10.2. The molecule has 0 bridgehead atoms. The van der Waals surface area contributed by atoms with Crippen LogP contribution in [0, 0.1) is 0 Å². The Balaban J connectivity index is 1.96. The Bertz CT molecular complexity index is 1190. The lowest BCUT2D eigenvalue weighted by Crippen LogP contribution is -2.27. The van der Waals surface area contributed by atoms with Gasteiger partial charge in [-0.25, -0.2) is 4.79 Å². The van der Waals surface area contributed by atoms with E-state index < -0.39 is 23.5 Å². The highest BCUT2D eigenvalue weighted by molar-refractivity contribution is 7.98. The average molecular weight is 426 g/mol. The highest BCUT2D eigenvalue weighted by atomic mass is 32.2. The molecule has 0 aliphatic carbocycles. The molecule has 2 heterocycles. The van der Waals surface area contributed by atoms with Crippen LogP contribution in [0.5, 0.6) is 17.4 Å². The molecule has 9 heteroatoms. The zero-order chi connectivity index (χ0) is 21.4. The SMILES string of the molecule is COc1ccc2c(c1OC)C(=O)OC2c1c(O)nc(SC)n(-c2ccccc2)c1=O. The zero-order valence-corrected chi connectivity index (χ0v) is 17.2. The van der Waals surface area contributed by atoms with Gasteiger partial charge in [0.05, 0.1) is 19.9 Å². The molecule has 1 unspecified atom stereocenters. The van der Waals surface area contributed by atoms with Gasteiger partial charge in [0.25, 0.3) is 5.56 Å². The van der Waals surface area contributed by atoms with Gasteiger partial charge in [-0.2, -0.15) is 4.98 Å². The van der Waals surface area contributed by atoms with Crippen molar-refractivity contribution in [2.24, 2.45) is 0 Å². The summed E-state index contributed by atoms with van der Waals surface area (Å²) in [6.45, 7) is 0. The highest BCUT2D eigenvalue weighted by Gasteiger charge is 2.40. The molecular weight excluding hydrogens is 408 g/mol. The van der Waals surface area contributed by atoms with Crippen molar-refractivity contribution in [1.82, 2.24) is 9.55 Å². The van der Waals surface area contributed by atoms with Gasteiger partial charge in [0.1, 0.15) is 11.1 Å². The summed E-state index contributed by atoms with van der Waals surface area (Å²) >= 11 is 1.21. The maximum Gasteiger partial charge on any atom is 0.343 e. The number of methoxy groups -OCH3 is 2. The van der Waals surface area contributed by atoms with Crippen molar-refractivity contribution in [3.63, 3.8) is 0 Å². The maximum absolute atomic E-state index is 13.5. The van der Waals surface area contributed by atoms with Crippen molar-refractivity contribution in [3.05, 3.63) is 69.5 Å². The van der Waals surface area contributed by atoms with Crippen LogP contribution in [-0.2, 0) is 4.74 Å². The fourth-order valence-electron chi connectivity index (χ4n) is 3.49. The standard InChI is InChI=1S/C21H18N2O6S/c1-27-13-10-9-12-14(17(13)28-2)20(26)29-16(12)15-18(24)22-21(30-3)23(19(15)25)11-7-5-4-6-8-11/h4-10,16,24H,1-3H3. The third-order valence-corrected chi connectivity index (χ3v) is 5.45. The number of esters is 1. The monoisotopic (exact) mass is 426 g/mol. The van der Waals surface area contributed by atoms with Crippen molar-refractivity contribution in [2.45, 2.75) is 11.3 Å². The Labute approximate surface area is 176 Å². The fraction of sp³-hybridized carbons (Fsp3) is 0.190. The van der Waals surface area contributed by atoms with Crippen LogP contribution in [0.15, 0.2) is 52.4 Å². The maximum atomic E-state index is 13.5. The molecule has 1 aliphatic rings. The van der Waals surface area contributed by atoms with Crippen LogP contribution < -0.4 is 15.0 Å². The van der Waals surface area contributed by atoms with Gasteiger partial charge in [0.2, 0.25) is 5.88 Å². The summed E-state index contributed by atoms with van der Waals surface area (Å²) in [7, 11) is 2.87. The van der Waals surface area contributed by atoms with E-state index in [2.05, 4.69) is 4.98 Å². The van der Waals surface area contributed by atoms with Crippen molar-refractivity contribution in [1.29, 1.82) is 0 Å². The molecule has 0 saturated carbocycles. The number of aromatic nitrogens is 2. The average Bonchev–Trinajstić information content (AvgIpc) is 3.09. The van der Waals surface area contributed by atoms with Gasteiger partial charge in [-0.1, -0.05) is 36.0 Å². The number of nitrogens with zero attached hydrogens (tertiary/aromatic N) is 2. The van der Waals surface area contributed by atoms with Crippen molar-refractivity contribution in [3.8, 4) is 23.1 Å². The van der Waals surface area contributed by atoms with Crippen LogP contribution in [0.25, 0.3) is 5.69 Å². The summed E-state index contributed by atoms with van der Waals surface area (Å²) in [5.41, 5.74) is 0.469. The molecular formula is C21H18N2O6S. The van der Waals surface area contributed by atoms with Gasteiger partial charge < -0.3 is 19.3 Å². The molecule has 1 aromatic heterocycles. The van der Waals surface area contributed by atoms with Crippen LogP contribution in [0.3, 0.4) is 0 Å². The van der Waals surface area contributed by atoms with E-state index in [1.54, 1.807) is 42.7 Å². The molecule has 0 amide bonds. The first-order valence-electron chi connectivity index (χ1n) is 8.93. The summed E-state index contributed by atoms with van der Waals surface area (Å²) in [6.07, 6.45) is 0.626. The number of hydrogen-bond donors (Lipinski definition) is 1. The quantitative estimate of drug-likeness (QED) is 0.378. The van der Waals surface area contributed by atoms with Crippen molar-refractivity contribution >= 4 is 17.7 Å². The number of hydrogen-bond acceptors (Lipinski definition) is 8. The number of para-hydroxylation sites is 1. The summed E-state index contributed by atoms with van der Waals surface area (Å²) in [6, 6.07) is 12.2. The van der Waals surface area contributed by atoms with Crippen molar-refractivity contribution < 1.29 is 24.1 Å². The Hall–Kier alpha value is -3.46. The topological polar surface area (TPSA) is 99.9 Å². The van der Waals surface area contributed by atoms with E-state index >= 15 is 0 Å². The number of carbonyl (C=O) groups excluding carboxylic acids is 1. The first kappa shape index (κ1) is 19.8. The third kappa shape index (κ3) is 2.98. The summed E-state index contributed by atoms with van der Waals surface area (Å²) in [4.78, 5) is 30.3. The number of thioether (sulfide) groups is 1. The minimum atomic E-state index is -1.13. The minimum Gasteiger partial charge on any atom is -0.493 e. The third-order valence-electron chi connectivity index (χ3n) is 4.82. The van der Waals surface area contributed by atoms with Gasteiger partial charge in [-0.05, 0) is 24.5 Å². The van der Waals surface area contributed by atoms with E-state index in [0.717, 1.165) is 0 Å². The van der Waals surface area contributed by atoms with E-state index in [9.17, 15) is 14.7 Å². The number of cyclic esters (lactones) is 1. The Kier molecular flexibility index (Phi) is 5.13. The molecule has 4 rings (SSSR count). The lowest BCUT2D eigenvalue weighted by molar-refractivity contribution is 0.0447. The molecule has 0 fully saturated rings. The number of benzene rings is 2. The number of carbonyl (C=O) groups is 1. The second kappa shape index (κ2) is 7.75. The Morgan fingerprint density at radius 3 is 2.47 bits per heavy atom. The van der Waals surface area contributed by atoms with Crippen molar-refractivity contribution in [2.75, 3.05) is 20.5 Å². The van der Waals surface area contributed by atoms with Crippen LogP contribution in [0.4, 0.5) is 0 Å². The number of aromatic hydroxyl groups is 1. The van der Waals surface area contributed by atoms with E-state index in [1.807, 2.05) is 6.07 Å². The second-order valence-corrected chi connectivity index (χ2v) is 7.14. The molecule has 1 N–H and O–H groups in total. The summed E-state index contributed by atoms with van der Waals surface area (Å²) in [5, 5.41) is 10.9. The molecule has 0 spiro atoms. The number of ether oxygens (including phenoxy) is 3. The van der Waals surface area contributed by atoms with Gasteiger partial charge in [-0.3, -0.25) is 9.36 Å². The van der Waals surface area contributed by atoms with Crippen LogP contribution >= 0.6 is 11.8 Å². The number of rotatable bonds is 5. The summed E-state index contributed by atoms with van der Waals surface area (Å²) in [5.74, 6) is -0.601. The van der Waals surface area contributed by atoms with Gasteiger partial charge in [-0.15, -0.1) is 0 Å². The number of fused-ring (bicyclic) bond motifs is 1. The largest absolute Gasteiger partial charge is 0.493 e. The molecule has 2 aromatic carbocycles. The van der Waals surface area contributed by atoms with Gasteiger partial charge in [0.15, 0.2) is 22.8 Å². The minimum absolute atomic E-state index is 0.129. The van der Waals surface area contributed by atoms with Crippen LogP contribution in [0.2, 0.25) is 0 Å². The molecule has 1 atom stereocenters. The first-order chi connectivity index (χ1) is 14.5. The molecule has 3 aromatic rings. The van der Waals surface area contributed by atoms with Gasteiger partial charge in [0, 0.05) is 5.56 Å². The smallest absolute Gasteiger partial charge is 0.343 e. The summed E-state index contributed by atoms with van der Waals surface area (Å²) < 4.78 is 17.4. The highest BCUT2D eigenvalue weighted by Crippen LogP contribution is 2.45.